The van der Waals surface area contributed by atoms with Crippen molar-refractivity contribution >= 4 is 0 Å². The van der Waals surface area contributed by atoms with E-state index in [9.17, 15) is 5.11 Å². The fraction of sp³-hybridized carbons (Fsp3) is 0.800. The Hall–Kier alpha value is -0.830. The molecule has 0 spiro atoms. The Bertz CT molecular complexity index is 397. The van der Waals surface area contributed by atoms with E-state index in [2.05, 4.69) is 30.3 Å². The molecule has 3 nitrogen and oxygen atoms in total. The Morgan fingerprint density at radius 3 is 2.83 bits per heavy atom. The van der Waals surface area contributed by atoms with Crippen molar-refractivity contribution in [3.63, 3.8) is 0 Å². The quantitative estimate of drug-likeness (QED) is 0.891. The summed E-state index contributed by atoms with van der Waals surface area (Å²) < 4.78 is 2.18. The van der Waals surface area contributed by atoms with E-state index in [1.54, 1.807) is 0 Å². The minimum absolute atomic E-state index is 0.259. The minimum Gasteiger partial charge on any atom is -0.389 e. The molecule has 0 saturated heterocycles. The van der Waals surface area contributed by atoms with Gasteiger partial charge in [0.2, 0.25) is 0 Å². The first kappa shape index (κ1) is 13.6. The molecule has 1 unspecified atom stereocenters. The molecule has 0 radical (unpaired) electrons. The van der Waals surface area contributed by atoms with E-state index < -0.39 is 5.60 Å². The number of aliphatic hydroxyl groups is 1. The first-order chi connectivity index (χ1) is 8.44. The molecular weight excluding hydrogens is 224 g/mol. The molecule has 1 aromatic heterocycles. The van der Waals surface area contributed by atoms with E-state index in [1.165, 1.54) is 6.42 Å². The summed E-state index contributed by atoms with van der Waals surface area (Å²) in [6.45, 7) is 7.68. The minimum atomic E-state index is -0.557. The van der Waals surface area contributed by atoms with Crippen molar-refractivity contribution in [1.29, 1.82) is 0 Å². The van der Waals surface area contributed by atoms with Gasteiger partial charge in [0, 0.05) is 25.4 Å². The van der Waals surface area contributed by atoms with E-state index in [0.29, 0.717) is 6.42 Å². The maximum atomic E-state index is 10.8. The Morgan fingerprint density at radius 1 is 1.39 bits per heavy atom. The van der Waals surface area contributed by atoms with Crippen LogP contribution in [0.3, 0.4) is 0 Å². The summed E-state index contributed by atoms with van der Waals surface area (Å²) in [4.78, 5) is 4.42. The third-order valence-electron chi connectivity index (χ3n) is 4.06. The van der Waals surface area contributed by atoms with Crippen molar-refractivity contribution < 1.29 is 5.11 Å². The van der Waals surface area contributed by atoms with Crippen LogP contribution in [0, 0.1) is 5.41 Å². The largest absolute Gasteiger partial charge is 0.389 e. The summed E-state index contributed by atoms with van der Waals surface area (Å²) in [6, 6.07) is 0. The molecule has 1 aliphatic carbocycles. The lowest BCUT2D eigenvalue weighted by atomic mass is 9.68. The molecule has 18 heavy (non-hydrogen) atoms. The third-order valence-corrected chi connectivity index (χ3v) is 4.06. The van der Waals surface area contributed by atoms with E-state index in [0.717, 1.165) is 38.1 Å². The molecule has 1 saturated carbocycles. The van der Waals surface area contributed by atoms with E-state index >= 15 is 0 Å². The number of aryl methyl sites for hydroxylation is 1. The fourth-order valence-corrected chi connectivity index (χ4v) is 3.36. The molecule has 0 amide bonds. The zero-order chi connectivity index (χ0) is 13.2. The molecular formula is C15H26N2O. The third kappa shape index (κ3) is 3.14. The van der Waals surface area contributed by atoms with Crippen LogP contribution < -0.4 is 0 Å². The second-order valence-electron chi connectivity index (χ2n) is 6.63. The van der Waals surface area contributed by atoms with Crippen LogP contribution in [0.4, 0.5) is 0 Å². The van der Waals surface area contributed by atoms with Gasteiger partial charge in [-0.1, -0.05) is 27.2 Å². The van der Waals surface area contributed by atoms with Crippen LogP contribution in [0.5, 0.6) is 0 Å². The lowest BCUT2D eigenvalue weighted by Gasteiger charge is -2.41. The molecule has 1 N–H and O–H groups in total. The molecule has 0 bridgehead atoms. The summed E-state index contributed by atoms with van der Waals surface area (Å²) in [5.41, 5.74) is -0.298. The van der Waals surface area contributed by atoms with Gasteiger partial charge in [-0.05, 0) is 31.1 Å². The maximum Gasteiger partial charge on any atom is 0.111 e. The van der Waals surface area contributed by atoms with Gasteiger partial charge in [0.25, 0.3) is 0 Å². The Balaban J connectivity index is 2.09. The van der Waals surface area contributed by atoms with Crippen molar-refractivity contribution in [2.24, 2.45) is 5.41 Å². The average Bonchev–Trinajstić information content (AvgIpc) is 2.63. The Labute approximate surface area is 110 Å². The second-order valence-corrected chi connectivity index (χ2v) is 6.63. The number of aromatic nitrogens is 2. The van der Waals surface area contributed by atoms with Crippen LogP contribution in [0.1, 0.15) is 58.7 Å². The highest BCUT2D eigenvalue weighted by Gasteiger charge is 2.39. The molecule has 2 rings (SSSR count). The first-order valence-electron chi connectivity index (χ1n) is 7.17. The summed E-state index contributed by atoms with van der Waals surface area (Å²) in [5, 5.41) is 10.8. The van der Waals surface area contributed by atoms with Gasteiger partial charge in [0.15, 0.2) is 0 Å². The summed E-state index contributed by atoms with van der Waals surface area (Å²) in [6.07, 6.45) is 9.82. The zero-order valence-electron chi connectivity index (χ0n) is 11.9. The van der Waals surface area contributed by atoms with Gasteiger partial charge < -0.3 is 9.67 Å². The number of nitrogens with zero attached hydrogens (tertiary/aromatic N) is 2. The normalized spacial score (nSPS) is 27.3. The Morgan fingerprint density at radius 2 is 2.17 bits per heavy atom. The highest BCUT2D eigenvalue weighted by Crippen LogP contribution is 2.42. The van der Waals surface area contributed by atoms with Crippen molar-refractivity contribution in [2.75, 3.05) is 0 Å². The smallest absolute Gasteiger partial charge is 0.111 e. The van der Waals surface area contributed by atoms with Crippen molar-refractivity contribution in [3.05, 3.63) is 18.2 Å². The predicted molar refractivity (Wildman–Crippen MR) is 73.4 cm³/mol. The molecule has 1 atom stereocenters. The van der Waals surface area contributed by atoms with Crippen LogP contribution >= 0.6 is 0 Å². The number of imidazole rings is 1. The van der Waals surface area contributed by atoms with Crippen LogP contribution in [-0.2, 0) is 13.0 Å². The van der Waals surface area contributed by atoms with Gasteiger partial charge in [-0.25, -0.2) is 4.98 Å². The molecule has 1 heterocycles. The van der Waals surface area contributed by atoms with Gasteiger partial charge >= 0.3 is 0 Å². The van der Waals surface area contributed by atoms with Gasteiger partial charge in [-0.3, -0.25) is 0 Å². The average molecular weight is 250 g/mol. The van der Waals surface area contributed by atoms with Crippen molar-refractivity contribution in [1.82, 2.24) is 9.55 Å². The molecule has 0 aliphatic heterocycles. The van der Waals surface area contributed by atoms with Crippen LogP contribution in [0.15, 0.2) is 12.4 Å². The lowest BCUT2D eigenvalue weighted by molar-refractivity contribution is -0.0400. The molecule has 1 aliphatic rings. The van der Waals surface area contributed by atoms with E-state index in [1.807, 2.05) is 12.4 Å². The van der Waals surface area contributed by atoms with Crippen molar-refractivity contribution in [3.8, 4) is 0 Å². The summed E-state index contributed by atoms with van der Waals surface area (Å²) in [5.74, 6) is 1.04. The van der Waals surface area contributed by atoms with Gasteiger partial charge in [0.1, 0.15) is 5.82 Å². The number of hydrogen-bond acceptors (Lipinski definition) is 2. The maximum absolute atomic E-state index is 10.8. The molecule has 3 heteroatoms. The summed E-state index contributed by atoms with van der Waals surface area (Å²) in [7, 11) is 0. The molecule has 1 aromatic rings. The van der Waals surface area contributed by atoms with Crippen LogP contribution in [0.25, 0.3) is 0 Å². The van der Waals surface area contributed by atoms with Gasteiger partial charge in [-0.2, -0.15) is 0 Å². The van der Waals surface area contributed by atoms with Crippen molar-refractivity contribution in [2.45, 2.75) is 71.4 Å². The molecule has 1 fully saturated rings. The zero-order valence-corrected chi connectivity index (χ0v) is 11.9. The monoisotopic (exact) mass is 250 g/mol. The first-order valence-corrected chi connectivity index (χ1v) is 7.17. The molecule has 0 aromatic carbocycles. The lowest BCUT2D eigenvalue weighted by Crippen LogP contribution is -2.41. The van der Waals surface area contributed by atoms with E-state index in [-0.39, 0.29) is 5.41 Å². The summed E-state index contributed by atoms with van der Waals surface area (Å²) >= 11 is 0. The topological polar surface area (TPSA) is 38.0 Å². The predicted octanol–water partition coefficient (Wildman–Crippen LogP) is 3.17. The second kappa shape index (κ2) is 5.04. The van der Waals surface area contributed by atoms with Gasteiger partial charge in [0.05, 0.1) is 5.60 Å². The Kier molecular flexibility index (Phi) is 3.81. The number of rotatable bonds is 4. The van der Waals surface area contributed by atoms with Crippen LogP contribution in [0.2, 0.25) is 0 Å². The van der Waals surface area contributed by atoms with E-state index in [4.69, 9.17) is 0 Å². The highest BCUT2D eigenvalue weighted by atomic mass is 16.3. The SMILES string of the molecule is CCCn1ccnc1CC1(O)CCCC(C)(C)C1. The fourth-order valence-electron chi connectivity index (χ4n) is 3.36. The number of hydrogen-bond donors (Lipinski definition) is 1. The molecule has 102 valence electrons. The van der Waals surface area contributed by atoms with Gasteiger partial charge in [-0.15, -0.1) is 0 Å². The van der Waals surface area contributed by atoms with Crippen LogP contribution in [-0.4, -0.2) is 20.3 Å². The standard InChI is InChI=1S/C15H26N2O/c1-4-9-17-10-8-16-13(17)11-15(18)7-5-6-14(2,3)12-15/h8,10,18H,4-7,9,11-12H2,1-3H3. The highest BCUT2D eigenvalue weighted by molar-refractivity contribution is 5.02.